The molecule has 0 amide bonds. The minimum absolute atomic E-state index is 0.340. The monoisotopic (exact) mass is 485 g/mol. The largest absolute Gasteiger partial charge is 0.490 e. The molecule has 152 valence electrons. The summed E-state index contributed by atoms with van der Waals surface area (Å²) < 4.78 is 26.0. The number of benzene rings is 3. The molecule has 0 aliphatic heterocycles. The molecule has 30 heavy (non-hydrogen) atoms. The maximum atomic E-state index is 13.6. The summed E-state index contributed by atoms with van der Waals surface area (Å²) in [5.74, 6) is 0.728. The number of nitrogens with zero attached hydrogens (tertiary/aromatic N) is 1. The van der Waals surface area contributed by atoms with Crippen molar-refractivity contribution >= 4 is 39.2 Å². The minimum atomic E-state index is -0.395. The number of nitriles is 1. The van der Waals surface area contributed by atoms with Crippen LogP contribution in [0.25, 0.3) is 11.6 Å². The topological polar surface area (TPSA) is 42.2 Å². The van der Waals surface area contributed by atoms with Crippen LogP contribution in [-0.4, -0.2) is 6.61 Å². The fourth-order valence-electron chi connectivity index (χ4n) is 2.78. The molecular weight excluding hydrogens is 469 g/mol. The molecule has 0 aliphatic carbocycles. The van der Waals surface area contributed by atoms with Crippen molar-refractivity contribution in [1.29, 1.82) is 5.26 Å². The van der Waals surface area contributed by atoms with E-state index in [9.17, 15) is 9.65 Å². The van der Waals surface area contributed by atoms with Gasteiger partial charge in [-0.2, -0.15) is 5.26 Å². The quantitative estimate of drug-likeness (QED) is 0.260. The lowest BCUT2D eigenvalue weighted by atomic mass is 10.0. The molecule has 0 aliphatic rings. The van der Waals surface area contributed by atoms with Crippen LogP contribution in [0.4, 0.5) is 4.39 Å². The maximum absolute atomic E-state index is 13.6. The standard InChI is InChI=1S/C24H18BrClFNO2/c1-2-29-23-12-18(10-19(14-28)17-4-3-5-21(27)11-17)22(25)13-24(23)30-15-16-6-8-20(26)9-7-16/h3-13H,2,15H2,1H3/b19-10-. The van der Waals surface area contributed by atoms with Crippen molar-refractivity contribution in [2.45, 2.75) is 13.5 Å². The molecule has 3 aromatic rings. The molecule has 0 N–H and O–H groups in total. The molecule has 0 heterocycles. The molecule has 3 rings (SSSR count). The molecule has 0 bridgehead atoms. The zero-order valence-electron chi connectivity index (χ0n) is 16.2. The van der Waals surface area contributed by atoms with Crippen LogP contribution in [0.5, 0.6) is 11.5 Å². The van der Waals surface area contributed by atoms with E-state index < -0.39 is 5.82 Å². The van der Waals surface area contributed by atoms with Crippen molar-refractivity contribution in [3.05, 3.63) is 92.7 Å². The summed E-state index contributed by atoms with van der Waals surface area (Å²) in [5, 5.41) is 10.2. The normalized spacial score (nSPS) is 11.1. The van der Waals surface area contributed by atoms with Gasteiger partial charge >= 0.3 is 0 Å². The van der Waals surface area contributed by atoms with Crippen LogP contribution in [0.3, 0.4) is 0 Å². The van der Waals surface area contributed by atoms with Gasteiger partial charge in [0.15, 0.2) is 11.5 Å². The second-order valence-corrected chi connectivity index (χ2v) is 7.64. The molecular formula is C24H18BrClFNO2. The summed E-state index contributed by atoms with van der Waals surface area (Å²) in [7, 11) is 0. The maximum Gasteiger partial charge on any atom is 0.162 e. The molecule has 0 radical (unpaired) electrons. The number of ether oxygens (including phenoxy) is 2. The van der Waals surface area contributed by atoms with E-state index in [1.54, 1.807) is 30.3 Å². The Hall–Kier alpha value is -2.81. The van der Waals surface area contributed by atoms with Crippen LogP contribution in [0.2, 0.25) is 5.02 Å². The van der Waals surface area contributed by atoms with Crippen molar-refractivity contribution in [1.82, 2.24) is 0 Å². The van der Waals surface area contributed by atoms with Gasteiger partial charge in [-0.3, -0.25) is 0 Å². The zero-order valence-corrected chi connectivity index (χ0v) is 18.5. The number of hydrogen-bond acceptors (Lipinski definition) is 3. The summed E-state index contributed by atoms with van der Waals surface area (Å²) in [5.41, 5.74) is 2.54. The summed E-state index contributed by atoms with van der Waals surface area (Å²) in [6.45, 7) is 2.69. The first-order valence-electron chi connectivity index (χ1n) is 9.21. The van der Waals surface area contributed by atoms with Gasteiger partial charge in [-0.15, -0.1) is 0 Å². The Morgan fingerprint density at radius 1 is 1.10 bits per heavy atom. The van der Waals surface area contributed by atoms with Gasteiger partial charge in [0, 0.05) is 9.50 Å². The van der Waals surface area contributed by atoms with Gasteiger partial charge in [-0.25, -0.2) is 4.39 Å². The van der Waals surface area contributed by atoms with Crippen molar-refractivity contribution in [3.63, 3.8) is 0 Å². The van der Waals surface area contributed by atoms with Gasteiger partial charge in [-0.05, 0) is 66.1 Å². The van der Waals surface area contributed by atoms with Crippen molar-refractivity contribution in [3.8, 4) is 17.6 Å². The Morgan fingerprint density at radius 3 is 2.50 bits per heavy atom. The molecule has 3 nitrogen and oxygen atoms in total. The van der Waals surface area contributed by atoms with Gasteiger partial charge in [0.05, 0.1) is 18.2 Å². The number of rotatable bonds is 7. The predicted octanol–water partition coefficient (Wildman–Crippen LogP) is 7.28. The molecule has 0 aromatic heterocycles. The van der Waals surface area contributed by atoms with Crippen molar-refractivity contribution in [2.75, 3.05) is 6.61 Å². The molecule has 0 saturated heterocycles. The Labute approximate surface area is 188 Å². The highest BCUT2D eigenvalue weighted by Gasteiger charge is 2.12. The number of hydrogen-bond donors (Lipinski definition) is 0. The first-order chi connectivity index (χ1) is 14.5. The Bertz CT molecular complexity index is 1110. The SMILES string of the molecule is CCOc1cc(/C=C(/C#N)c2cccc(F)c2)c(Br)cc1OCc1ccc(Cl)cc1. The van der Waals surface area contributed by atoms with Gasteiger partial charge in [0.2, 0.25) is 0 Å². The van der Waals surface area contributed by atoms with Crippen LogP contribution in [0.1, 0.15) is 23.6 Å². The van der Waals surface area contributed by atoms with E-state index in [-0.39, 0.29) is 0 Å². The first kappa shape index (κ1) is 21.9. The molecule has 3 aromatic carbocycles. The molecule has 6 heteroatoms. The fourth-order valence-corrected chi connectivity index (χ4v) is 3.34. The van der Waals surface area contributed by atoms with E-state index in [1.165, 1.54) is 12.1 Å². The third kappa shape index (κ3) is 5.63. The summed E-state index contributed by atoms with van der Waals surface area (Å²) >= 11 is 9.46. The van der Waals surface area contributed by atoms with Crippen LogP contribution < -0.4 is 9.47 Å². The van der Waals surface area contributed by atoms with Crippen LogP contribution in [-0.2, 0) is 6.61 Å². The van der Waals surface area contributed by atoms with E-state index in [2.05, 4.69) is 22.0 Å². The van der Waals surface area contributed by atoms with Crippen molar-refractivity contribution in [2.24, 2.45) is 0 Å². The first-order valence-corrected chi connectivity index (χ1v) is 10.4. The van der Waals surface area contributed by atoms with Crippen LogP contribution in [0, 0.1) is 17.1 Å². The molecule has 0 saturated carbocycles. The Balaban J connectivity index is 1.92. The van der Waals surface area contributed by atoms with Crippen LogP contribution in [0.15, 0.2) is 65.1 Å². The second kappa shape index (κ2) is 10.3. The predicted molar refractivity (Wildman–Crippen MR) is 121 cm³/mol. The van der Waals surface area contributed by atoms with E-state index in [0.29, 0.717) is 40.9 Å². The number of allylic oxidation sites excluding steroid dienone is 1. The van der Waals surface area contributed by atoms with Crippen molar-refractivity contribution < 1.29 is 13.9 Å². The Morgan fingerprint density at radius 2 is 1.83 bits per heavy atom. The highest BCUT2D eigenvalue weighted by atomic mass is 79.9. The smallest absolute Gasteiger partial charge is 0.162 e. The summed E-state index contributed by atoms with van der Waals surface area (Å²) in [6, 6.07) is 19.1. The lowest BCUT2D eigenvalue weighted by molar-refractivity contribution is 0.269. The van der Waals surface area contributed by atoms with Gasteiger partial charge in [0.1, 0.15) is 12.4 Å². The van der Waals surface area contributed by atoms with E-state index in [0.717, 1.165) is 15.6 Å². The van der Waals surface area contributed by atoms with Gasteiger partial charge in [0.25, 0.3) is 0 Å². The lowest BCUT2D eigenvalue weighted by Gasteiger charge is -2.14. The highest BCUT2D eigenvalue weighted by molar-refractivity contribution is 9.10. The molecule has 0 fully saturated rings. The van der Waals surface area contributed by atoms with E-state index in [1.807, 2.05) is 31.2 Å². The molecule has 0 spiro atoms. The van der Waals surface area contributed by atoms with Gasteiger partial charge < -0.3 is 9.47 Å². The third-order valence-corrected chi connectivity index (χ3v) is 5.17. The molecule has 0 unspecified atom stereocenters. The Kier molecular flexibility index (Phi) is 7.51. The molecule has 0 atom stereocenters. The summed E-state index contributed by atoms with van der Waals surface area (Å²) in [6.07, 6.45) is 1.68. The average molecular weight is 487 g/mol. The third-order valence-electron chi connectivity index (χ3n) is 4.23. The van der Waals surface area contributed by atoms with Gasteiger partial charge in [-0.1, -0.05) is 51.8 Å². The van der Waals surface area contributed by atoms with E-state index >= 15 is 0 Å². The zero-order chi connectivity index (χ0) is 21.5. The lowest BCUT2D eigenvalue weighted by Crippen LogP contribution is -2.00. The highest BCUT2D eigenvalue weighted by Crippen LogP contribution is 2.36. The number of halogens is 3. The summed E-state index contributed by atoms with van der Waals surface area (Å²) in [4.78, 5) is 0. The second-order valence-electron chi connectivity index (χ2n) is 6.35. The van der Waals surface area contributed by atoms with E-state index in [4.69, 9.17) is 21.1 Å². The minimum Gasteiger partial charge on any atom is -0.490 e. The average Bonchev–Trinajstić information content (AvgIpc) is 2.74. The fraction of sp³-hybridized carbons (Fsp3) is 0.125. The van der Waals surface area contributed by atoms with Crippen LogP contribution >= 0.6 is 27.5 Å².